The fraction of sp³-hybridized carbons (Fsp3) is 0.250. The predicted molar refractivity (Wildman–Crippen MR) is 146 cm³/mol. The van der Waals surface area contributed by atoms with Crippen LogP contribution in [0.3, 0.4) is 0 Å². The van der Waals surface area contributed by atoms with E-state index in [1.165, 1.54) is 55.5 Å². The number of fused-ring (bicyclic) bond motifs is 1. The third-order valence-electron chi connectivity index (χ3n) is 6.30. The number of ether oxygens (including phenoxy) is 1. The number of carbonyl (C=O) groups excluding carboxylic acids is 1. The molecule has 0 fully saturated rings. The molecular formula is C28H26F3NO7S2. The number of rotatable bonds is 8. The van der Waals surface area contributed by atoms with Gasteiger partial charge in [-0.15, -0.1) is 0 Å². The summed E-state index contributed by atoms with van der Waals surface area (Å²) < 4.78 is 104. The molecule has 1 aliphatic rings. The van der Waals surface area contributed by atoms with Gasteiger partial charge in [0.15, 0.2) is 5.76 Å². The zero-order valence-corrected chi connectivity index (χ0v) is 23.8. The lowest BCUT2D eigenvalue weighted by Gasteiger charge is -2.28. The summed E-state index contributed by atoms with van der Waals surface area (Å²) in [5.41, 5.74) is -4.60. The zero-order chi connectivity index (χ0) is 30.2. The number of esters is 1. The van der Waals surface area contributed by atoms with Crippen molar-refractivity contribution in [3.05, 3.63) is 95.1 Å². The summed E-state index contributed by atoms with van der Waals surface area (Å²) in [5.74, 6) is -1.61. The second-order valence-electron chi connectivity index (χ2n) is 9.25. The summed E-state index contributed by atoms with van der Waals surface area (Å²) in [7, 11) is -10.7. The van der Waals surface area contributed by atoms with Crippen molar-refractivity contribution in [2.75, 3.05) is 10.9 Å². The van der Waals surface area contributed by atoms with Gasteiger partial charge in [-0.2, -0.15) is 21.6 Å². The van der Waals surface area contributed by atoms with Crippen molar-refractivity contribution in [1.82, 2.24) is 0 Å². The second kappa shape index (κ2) is 11.2. The maximum atomic E-state index is 14.1. The Morgan fingerprint density at radius 2 is 1.51 bits per heavy atom. The Morgan fingerprint density at radius 3 is 2.10 bits per heavy atom. The van der Waals surface area contributed by atoms with Crippen LogP contribution < -0.4 is 4.31 Å². The van der Waals surface area contributed by atoms with E-state index < -0.39 is 49.8 Å². The number of sulfonamides is 1. The van der Waals surface area contributed by atoms with E-state index in [4.69, 9.17) is 8.92 Å². The molecule has 1 unspecified atom stereocenters. The minimum absolute atomic E-state index is 0.0295. The third-order valence-corrected chi connectivity index (χ3v) is 9.09. The minimum Gasteiger partial charge on any atom is -0.466 e. The summed E-state index contributed by atoms with van der Waals surface area (Å²) in [6, 6.07) is 16.0. The minimum atomic E-state index is -6.21. The Morgan fingerprint density at radius 1 is 0.902 bits per heavy atom. The number of aryl methyl sites for hydroxylation is 2. The van der Waals surface area contributed by atoms with Gasteiger partial charge in [0.2, 0.25) is 0 Å². The van der Waals surface area contributed by atoms with Gasteiger partial charge >= 0.3 is 21.6 Å². The van der Waals surface area contributed by atoms with Crippen LogP contribution in [0, 0.1) is 13.8 Å². The molecule has 0 N–H and O–H groups in total. The lowest BCUT2D eigenvalue weighted by molar-refractivity contribution is -0.143. The summed E-state index contributed by atoms with van der Waals surface area (Å²) in [5, 5.41) is 0. The summed E-state index contributed by atoms with van der Waals surface area (Å²) in [6.07, 6.45) is -0.645. The highest BCUT2D eigenvalue weighted by Gasteiger charge is 2.51. The molecule has 0 spiro atoms. The fourth-order valence-electron chi connectivity index (χ4n) is 4.47. The molecule has 3 aromatic rings. The van der Waals surface area contributed by atoms with Gasteiger partial charge in [-0.25, -0.2) is 8.42 Å². The molecule has 1 atom stereocenters. The first kappa shape index (κ1) is 30.1. The topological polar surface area (TPSA) is 107 Å². The highest BCUT2D eigenvalue weighted by atomic mass is 32.2. The van der Waals surface area contributed by atoms with Crippen molar-refractivity contribution in [3.63, 3.8) is 0 Å². The van der Waals surface area contributed by atoms with E-state index in [0.717, 1.165) is 9.87 Å². The smallest absolute Gasteiger partial charge is 0.466 e. The predicted octanol–water partition coefficient (Wildman–Crippen LogP) is 5.57. The maximum absolute atomic E-state index is 14.1. The SMILES string of the molecule is CCOC(=O)CC1/C(=C(/OS(=O)(=O)C(F)(F)F)c2ccccc2)c2cc(C)ccc2N1S(=O)(=O)c1ccc(C)cc1. The van der Waals surface area contributed by atoms with Gasteiger partial charge < -0.3 is 8.92 Å². The van der Waals surface area contributed by atoms with E-state index >= 15 is 0 Å². The highest BCUT2D eigenvalue weighted by molar-refractivity contribution is 7.93. The molecule has 0 bridgehead atoms. The molecule has 8 nitrogen and oxygen atoms in total. The lowest BCUT2D eigenvalue weighted by Crippen LogP contribution is -2.39. The van der Waals surface area contributed by atoms with E-state index in [-0.39, 0.29) is 33.9 Å². The largest absolute Gasteiger partial charge is 0.534 e. The maximum Gasteiger partial charge on any atom is 0.534 e. The van der Waals surface area contributed by atoms with Crippen LogP contribution in [0.15, 0.2) is 77.7 Å². The summed E-state index contributed by atoms with van der Waals surface area (Å²) in [4.78, 5) is 12.7. The first-order valence-electron chi connectivity index (χ1n) is 12.4. The van der Waals surface area contributed by atoms with Crippen molar-refractivity contribution in [1.29, 1.82) is 0 Å². The van der Waals surface area contributed by atoms with Gasteiger partial charge in [-0.3, -0.25) is 9.10 Å². The van der Waals surface area contributed by atoms with E-state index in [2.05, 4.69) is 0 Å². The number of hydrogen-bond donors (Lipinski definition) is 0. The molecule has 0 amide bonds. The average Bonchev–Trinajstić information content (AvgIpc) is 3.20. The van der Waals surface area contributed by atoms with Crippen LogP contribution in [0.4, 0.5) is 18.9 Å². The van der Waals surface area contributed by atoms with E-state index in [1.54, 1.807) is 38.1 Å². The number of anilines is 1. The molecule has 0 radical (unpaired) electrons. The molecular weight excluding hydrogens is 583 g/mol. The second-order valence-corrected chi connectivity index (χ2v) is 12.6. The number of benzene rings is 3. The number of alkyl halides is 3. The first-order chi connectivity index (χ1) is 19.2. The lowest BCUT2D eigenvalue weighted by atomic mass is 9.95. The standard InChI is InChI=1S/C28H26F3NO7S2/c1-4-38-25(33)17-24-26(27(20-8-6-5-7-9-20)39-41(36,37)28(29,30)31)22-16-19(3)12-15-23(22)32(24)40(34,35)21-13-10-18(2)11-14-21/h5-16,24H,4,17H2,1-3H3/b27-26+. The molecule has 0 saturated heterocycles. The molecule has 0 saturated carbocycles. The molecule has 0 aliphatic carbocycles. The number of carbonyl (C=O) groups is 1. The Kier molecular flexibility index (Phi) is 8.23. The van der Waals surface area contributed by atoms with Crippen LogP contribution in [0.1, 0.15) is 35.6 Å². The molecule has 4 rings (SSSR count). The van der Waals surface area contributed by atoms with Crippen LogP contribution in [0.2, 0.25) is 0 Å². The van der Waals surface area contributed by atoms with Crippen LogP contribution in [-0.4, -0.2) is 41.0 Å². The van der Waals surface area contributed by atoms with E-state index in [9.17, 15) is 34.8 Å². The van der Waals surface area contributed by atoms with Gasteiger partial charge in [-0.05, 0) is 45.0 Å². The van der Waals surface area contributed by atoms with Crippen LogP contribution in [-0.2, 0) is 33.9 Å². The van der Waals surface area contributed by atoms with Crippen molar-refractivity contribution >= 4 is 43.1 Å². The van der Waals surface area contributed by atoms with Crippen LogP contribution in [0.5, 0.6) is 0 Å². The Bertz CT molecular complexity index is 1700. The molecule has 0 aromatic heterocycles. The fourth-order valence-corrected chi connectivity index (χ4v) is 6.61. The highest BCUT2D eigenvalue weighted by Crippen LogP contribution is 2.49. The molecule has 1 heterocycles. The monoisotopic (exact) mass is 609 g/mol. The molecule has 3 aromatic carbocycles. The van der Waals surface area contributed by atoms with Crippen molar-refractivity contribution in [2.45, 2.75) is 43.6 Å². The van der Waals surface area contributed by atoms with Gasteiger partial charge in [-0.1, -0.05) is 59.7 Å². The Labute approximate surface area is 236 Å². The van der Waals surface area contributed by atoms with E-state index in [1.807, 2.05) is 0 Å². The molecule has 41 heavy (non-hydrogen) atoms. The zero-order valence-electron chi connectivity index (χ0n) is 22.2. The molecule has 218 valence electrons. The quantitative estimate of drug-likeness (QED) is 0.142. The van der Waals surface area contributed by atoms with Gasteiger partial charge in [0.05, 0.1) is 29.7 Å². The van der Waals surface area contributed by atoms with Crippen molar-refractivity contribution < 1.29 is 43.7 Å². The van der Waals surface area contributed by atoms with Gasteiger partial charge in [0.25, 0.3) is 10.0 Å². The van der Waals surface area contributed by atoms with Crippen LogP contribution in [0.25, 0.3) is 11.3 Å². The first-order valence-corrected chi connectivity index (χ1v) is 15.2. The summed E-state index contributed by atoms with van der Waals surface area (Å²) >= 11 is 0. The van der Waals surface area contributed by atoms with Crippen molar-refractivity contribution in [3.8, 4) is 0 Å². The van der Waals surface area contributed by atoms with Gasteiger partial charge in [0.1, 0.15) is 0 Å². The Balaban J connectivity index is 2.10. The number of nitrogens with zero attached hydrogens (tertiary/aromatic N) is 1. The number of halogens is 3. The third kappa shape index (κ3) is 5.96. The Hall–Kier alpha value is -3.84. The van der Waals surface area contributed by atoms with Crippen molar-refractivity contribution in [2.24, 2.45) is 0 Å². The normalized spacial score (nSPS) is 16.7. The molecule has 1 aliphatic heterocycles. The summed E-state index contributed by atoms with van der Waals surface area (Å²) in [6.45, 7) is 4.92. The number of hydrogen-bond acceptors (Lipinski definition) is 7. The van der Waals surface area contributed by atoms with E-state index in [0.29, 0.717) is 5.56 Å². The molecule has 13 heteroatoms. The average molecular weight is 610 g/mol. The van der Waals surface area contributed by atoms with Crippen LogP contribution >= 0.6 is 0 Å². The van der Waals surface area contributed by atoms with Gasteiger partial charge in [0, 0.05) is 16.7 Å².